The smallest absolute Gasteiger partial charge is 0.306 e. The summed E-state index contributed by atoms with van der Waals surface area (Å²) in [7, 11) is 0. The summed E-state index contributed by atoms with van der Waals surface area (Å²) in [5, 5.41) is 4.89. The van der Waals surface area contributed by atoms with E-state index in [2.05, 4.69) is 10.3 Å². The van der Waals surface area contributed by atoms with Crippen molar-refractivity contribution >= 4 is 11.3 Å². The minimum Gasteiger partial charge on any atom is -0.306 e. The molecule has 0 spiro atoms. The SMILES string of the molecule is CCNC(Cc1csc(C)n1)C(F)(F)F. The molecule has 0 amide bonds. The Labute approximate surface area is 90.5 Å². The highest BCUT2D eigenvalue weighted by molar-refractivity contribution is 7.09. The van der Waals surface area contributed by atoms with E-state index in [1.807, 2.05) is 0 Å². The number of aryl methyl sites for hydroxylation is 1. The Balaban J connectivity index is 2.66. The lowest BCUT2D eigenvalue weighted by Gasteiger charge is -2.19. The van der Waals surface area contributed by atoms with Gasteiger partial charge in [-0.1, -0.05) is 6.92 Å². The fourth-order valence-corrected chi connectivity index (χ4v) is 1.89. The minimum atomic E-state index is -4.21. The van der Waals surface area contributed by atoms with E-state index in [0.717, 1.165) is 5.01 Å². The Bertz CT molecular complexity index is 309. The molecule has 1 unspecified atom stereocenters. The second-order valence-corrected chi connectivity index (χ2v) is 4.28. The number of hydrogen-bond donors (Lipinski definition) is 1. The summed E-state index contributed by atoms with van der Waals surface area (Å²) in [6.07, 6.45) is -4.31. The second kappa shape index (κ2) is 4.94. The van der Waals surface area contributed by atoms with Gasteiger partial charge in [-0.2, -0.15) is 13.2 Å². The molecule has 15 heavy (non-hydrogen) atoms. The van der Waals surface area contributed by atoms with Crippen molar-refractivity contribution in [1.82, 2.24) is 10.3 Å². The van der Waals surface area contributed by atoms with Crippen LogP contribution < -0.4 is 5.32 Å². The maximum absolute atomic E-state index is 12.5. The van der Waals surface area contributed by atoms with E-state index >= 15 is 0 Å². The Morgan fingerprint density at radius 2 is 2.20 bits per heavy atom. The number of nitrogens with zero attached hydrogens (tertiary/aromatic N) is 1. The standard InChI is InChI=1S/C9H13F3N2S/c1-3-13-8(9(10,11)12)4-7-5-15-6(2)14-7/h5,8,13H,3-4H2,1-2H3. The van der Waals surface area contributed by atoms with Crippen LogP contribution in [0.3, 0.4) is 0 Å². The fourth-order valence-electron chi connectivity index (χ4n) is 1.26. The van der Waals surface area contributed by atoms with Crippen molar-refractivity contribution in [1.29, 1.82) is 0 Å². The Morgan fingerprint density at radius 3 is 2.60 bits per heavy atom. The Morgan fingerprint density at radius 1 is 1.53 bits per heavy atom. The maximum Gasteiger partial charge on any atom is 0.404 e. The molecule has 0 radical (unpaired) electrons. The van der Waals surface area contributed by atoms with Crippen molar-refractivity contribution in [2.45, 2.75) is 32.5 Å². The molecule has 0 saturated carbocycles. The van der Waals surface area contributed by atoms with E-state index in [-0.39, 0.29) is 6.42 Å². The molecule has 6 heteroatoms. The second-order valence-electron chi connectivity index (χ2n) is 3.21. The molecule has 1 rings (SSSR count). The third-order valence-corrected chi connectivity index (χ3v) is 2.75. The Hall–Kier alpha value is -0.620. The van der Waals surface area contributed by atoms with Gasteiger partial charge in [-0.25, -0.2) is 4.98 Å². The summed E-state index contributed by atoms with van der Waals surface area (Å²) in [4.78, 5) is 4.02. The van der Waals surface area contributed by atoms with Gasteiger partial charge in [0.15, 0.2) is 0 Å². The molecule has 0 aromatic carbocycles. The van der Waals surface area contributed by atoms with E-state index in [4.69, 9.17) is 0 Å². The zero-order valence-corrected chi connectivity index (χ0v) is 9.37. The molecule has 1 aromatic heterocycles. The van der Waals surface area contributed by atoms with Crippen LogP contribution in [0.15, 0.2) is 5.38 Å². The number of halogens is 3. The van der Waals surface area contributed by atoms with Gasteiger partial charge in [0.25, 0.3) is 0 Å². The predicted octanol–water partition coefficient (Wildman–Crippen LogP) is 2.53. The molecule has 86 valence electrons. The molecular weight excluding hydrogens is 225 g/mol. The van der Waals surface area contributed by atoms with E-state index in [0.29, 0.717) is 12.2 Å². The van der Waals surface area contributed by atoms with Gasteiger partial charge < -0.3 is 5.32 Å². The van der Waals surface area contributed by atoms with Gasteiger partial charge in [-0.3, -0.25) is 0 Å². The minimum absolute atomic E-state index is 0.0956. The van der Waals surface area contributed by atoms with Crippen LogP contribution in [0, 0.1) is 6.92 Å². The average Bonchev–Trinajstić information content (AvgIpc) is 2.49. The van der Waals surface area contributed by atoms with Crippen molar-refractivity contribution < 1.29 is 13.2 Å². The zero-order chi connectivity index (χ0) is 11.5. The number of likely N-dealkylation sites (N-methyl/N-ethyl adjacent to an activating group) is 1. The molecular formula is C9H13F3N2S. The van der Waals surface area contributed by atoms with Crippen LogP contribution >= 0.6 is 11.3 Å². The van der Waals surface area contributed by atoms with Crippen LogP contribution in [-0.2, 0) is 6.42 Å². The van der Waals surface area contributed by atoms with Crippen molar-refractivity contribution in [3.05, 3.63) is 16.1 Å². The number of hydrogen-bond acceptors (Lipinski definition) is 3. The van der Waals surface area contributed by atoms with E-state index in [1.165, 1.54) is 11.3 Å². The summed E-state index contributed by atoms with van der Waals surface area (Å²) in [6, 6.07) is -1.50. The van der Waals surface area contributed by atoms with Crippen LogP contribution in [0.1, 0.15) is 17.6 Å². The summed E-state index contributed by atoms with van der Waals surface area (Å²) in [5.74, 6) is 0. The lowest BCUT2D eigenvalue weighted by atomic mass is 10.1. The van der Waals surface area contributed by atoms with E-state index in [9.17, 15) is 13.2 Å². The third kappa shape index (κ3) is 3.79. The van der Waals surface area contributed by atoms with Crippen LogP contribution in [0.25, 0.3) is 0 Å². The van der Waals surface area contributed by atoms with Crippen molar-refractivity contribution in [3.8, 4) is 0 Å². The zero-order valence-electron chi connectivity index (χ0n) is 8.56. The molecule has 0 fully saturated rings. The van der Waals surface area contributed by atoms with Crippen LogP contribution in [0.2, 0.25) is 0 Å². The lowest BCUT2D eigenvalue weighted by Crippen LogP contribution is -2.43. The van der Waals surface area contributed by atoms with Crippen LogP contribution in [-0.4, -0.2) is 23.7 Å². The number of aromatic nitrogens is 1. The first-order valence-electron chi connectivity index (χ1n) is 4.64. The molecule has 1 heterocycles. The molecule has 1 aromatic rings. The first-order chi connectivity index (χ1) is 6.93. The maximum atomic E-state index is 12.5. The van der Waals surface area contributed by atoms with Gasteiger partial charge in [0, 0.05) is 11.8 Å². The van der Waals surface area contributed by atoms with E-state index < -0.39 is 12.2 Å². The van der Waals surface area contributed by atoms with Gasteiger partial charge in [0.1, 0.15) is 6.04 Å². The van der Waals surface area contributed by atoms with Crippen LogP contribution in [0.5, 0.6) is 0 Å². The molecule has 1 atom stereocenters. The monoisotopic (exact) mass is 238 g/mol. The topological polar surface area (TPSA) is 24.9 Å². The molecule has 0 aliphatic heterocycles. The van der Waals surface area contributed by atoms with Gasteiger partial charge in [-0.05, 0) is 13.5 Å². The highest BCUT2D eigenvalue weighted by atomic mass is 32.1. The third-order valence-electron chi connectivity index (χ3n) is 1.93. The average molecular weight is 238 g/mol. The summed E-state index contributed by atoms with van der Waals surface area (Å²) in [6.45, 7) is 3.74. The molecule has 0 aliphatic rings. The first-order valence-corrected chi connectivity index (χ1v) is 5.52. The predicted molar refractivity (Wildman–Crippen MR) is 54.1 cm³/mol. The van der Waals surface area contributed by atoms with Crippen molar-refractivity contribution in [3.63, 3.8) is 0 Å². The molecule has 1 N–H and O–H groups in total. The normalized spacial score (nSPS) is 14.2. The first kappa shape index (κ1) is 12.4. The summed E-state index contributed by atoms with van der Waals surface area (Å²) >= 11 is 1.37. The largest absolute Gasteiger partial charge is 0.404 e. The van der Waals surface area contributed by atoms with E-state index in [1.54, 1.807) is 19.2 Å². The Kier molecular flexibility index (Phi) is 4.10. The quantitative estimate of drug-likeness (QED) is 0.872. The van der Waals surface area contributed by atoms with Gasteiger partial charge in [0.05, 0.1) is 10.7 Å². The lowest BCUT2D eigenvalue weighted by molar-refractivity contribution is -0.155. The highest BCUT2D eigenvalue weighted by Crippen LogP contribution is 2.23. The number of rotatable bonds is 4. The molecule has 2 nitrogen and oxygen atoms in total. The highest BCUT2D eigenvalue weighted by Gasteiger charge is 2.39. The summed E-state index contributed by atoms with van der Waals surface area (Å²) < 4.78 is 37.5. The fraction of sp³-hybridized carbons (Fsp3) is 0.667. The number of alkyl halides is 3. The molecule has 0 bridgehead atoms. The van der Waals surface area contributed by atoms with Gasteiger partial charge in [0.2, 0.25) is 0 Å². The van der Waals surface area contributed by atoms with Crippen molar-refractivity contribution in [2.75, 3.05) is 6.54 Å². The molecule has 0 aliphatic carbocycles. The number of thiazole rings is 1. The number of nitrogens with one attached hydrogen (secondary N) is 1. The summed E-state index contributed by atoms with van der Waals surface area (Å²) in [5.41, 5.74) is 0.501. The van der Waals surface area contributed by atoms with Gasteiger partial charge >= 0.3 is 6.18 Å². The van der Waals surface area contributed by atoms with Crippen LogP contribution in [0.4, 0.5) is 13.2 Å². The van der Waals surface area contributed by atoms with Gasteiger partial charge in [-0.15, -0.1) is 11.3 Å². The van der Waals surface area contributed by atoms with Crippen molar-refractivity contribution in [2.24, 2.45) is 0 Å². The molecule has 0 saturated heterocycles.